The summed E-state index contributed by atoms with van der Waals surface area (Å²) in [5, 5.41) is 10.8. The maximum atomic E-state index is 13.0. The lowest BCUT2D eigenvalue weighted by atomic mass is 9.88. The molecule has 0 aliphatic heterocycles. The Bertz CT molecular complexity index is 618. The van der Waals surface area contributed by atoms with E-state index in [9.17, 15) is 9.50 Å². The number of nitrogens with zero attached hydrogens (tertiary/aromatic N) is 1. The zero-order valence-corrected chi connectivity index (χ0v) is 13.5. The molecule has 0 amide bonds. The van der Waals surface area contributed by atoms with Gasteiger partial charge in [-0.1, -0.05) is 13.0 Å². The van der Waals surface area contributed by atoms with E-state index in [-0.39, 0.29) is 0 Å². The van der Waals surface area contributed by atoms with Crippen LogP contribution in [0.4, 0.5) is 4.39 Å². The summed E-state index contributed by atoms with van der Waals surface area (Å²) in [5.74, 6) is 0.322. The standard InChI is InChI=1S/C16H17BrFNO2/c1-3-16(20,15-7-5-12(18)10-19-15)9-11-4-6-14(21-2)13(17)8-11/h4-8,10,20H,3,9H2,1-2H3. The number of pyridine rings is 1. The molecule has 0 saturated heterocycles. The number of halogens is 2. The predicted octanol–water partition coefficient (Wildman–Crippen LogP) is 3.83. The van der Waals surface area contributed by atoms with Gasteiger partial charge < -0.3 is 9.84 Å². The normalized spacial score (nSPS) is 13.8. The molecule has 1 heterocycles. The van der Waals surface area contributed by atoms with Gasteiger partial charge in [-0.3, -0.25) is 4.98 Å². The van der Waals surface area contributed by atoms with Crippen molar-refractivity contribution in [2.45, 2.75) is 25.4 Å². The zero-order valence-electron chi connectivity index (χ0n) is 11.9. The fourth-order valence-electron chi connectivity index (χ4n) is 2.21. The van der Waals surface area contributed by atoms with Crippen LogP contribution in [0, 0.1) is 5.82 Å². The molecule has 2 rings (SSSR count). The second kappa shape index (κ2) is 6.54. The molecule has 1 N–H and O–H groups in total. The highest BCUT2D eigenvalue weighted by Gasteiger charge is 2.29. The maximum absolute atomic E-state index is 13.0. The molecule has 2 aromatic rings. The van der Waals surface area contributed by atoms with Crippen molar-refractivity contribution in [1.29, 1.82) is 0 Å². The lowest BCUT2D eigenvalue weighted by Gasteiger charge is -2.26. The molecule has 1 unspecified atom stereocenters. The number of hydrogen-bond donors (Lipinski definition) is 1. The van der Waals surface area contributed by atoms with Crippen molar-refractivity contribution in [3.05, 3.63) is 58.1 Å². The van der Waals surface area contributed by atoms with E-state index in [1.54, 1.807) is 7.11 Å². The fourth-order valence-corrected chi connectivity index (χ4v) is 2.79. The lowest BCUT2D eigenvalue weighted by Crippen LogP contribution is -2.29. The third-order valence-electron chi connectivity index (χ3n) is 3.50. The van der Waals surface area contributed by atoms with Crippen molar-refractivity contribution in [1.82, 2.24) is 4.98 Å². The number of hydrogen-bond acceptors (Lipinski definition) is 3. The summed E-state index contributed by atoms with van der Waals surface area (Å²) in [6, 6.07) is 8.48. The van der Waals surface area contributed by atoms with E-state index in [4.69, 9.17) is 4.74 Å². The molecule has 3 nitrogen and oxygen atoms in total. The highest BCUT2D eigenvalue weighted by atomic mass is 79.9. The minimum absolute atomic E-state index is 0.394. The van der Waals surface area contributed by atoms with Crippen LogP contribution in [0.2, 0.25) is 0 Å². The molecule has 1 aromatic carbocycles. The topological polar surface area (TPSA) is 42.4 Å². The molecule has 0 aliphatic carbocycles. The largest absolute Gasteiger partial charge is 0.496 e. The third-order valence-corrected chi connectivity index (χ3v) is 4.12. The first-order valence-electron chi connectivity index (χ1n) is 6.65. The van der Waals surface area contributed by atoms with Crippen LogP contribution >= 0.6 is 15.9 Å². The van der Waals surface area contributed by atoms with E-state index in [0.29, 0.717) is 18.5 Å². The van der Waals surface area contributed by atoms with E-state index in [1.165, 1.54) is 12.1 Å². The maximum Gasteiger partial charge on any atom is 0.141 e. The van der Waals surface area contributed by atoms with Crippen molar-refractivity contribution in [3.63, 3.8) is 0 Å². The van der Waals surface area contributed by atoms with Gasteiger partial charge >= 0.3 is 0 Å². The van der Waals surface area contributed by atoms with Crippen LogP contribution in [0.5, 0.6) is 5.75 Å². The van der Waals surface area contributed by atoms with Gasteiger partial charge in [0, 0.05) is 6.42 Å². The molecular formula is C16H17BrFNO2. The first-order valence-corrected chi connectivity index (χ1v) is 7.44. The Morgan fingerprint density at radius 2 is 2.10 bits per heavy atom. The predicted molar refractivity (Wildman–Crippen MR) is 82.8 cm³/mol. The quantitative estimate of drug-likeness (QED) is 0.887. The molecule has 1 atom stereocenters. The summed E-state index contributed by atoms with van der Waals surface area (Å²) in [6.45, 7) is 1.88. The molecule has 0 saturated carbocycles. The summed E-state index contributed by atoms with van der Waals surface area (Å²) >= 11 is 3.43. The van der Waals surface area contributed by atoms with Crippen LogP contribution in [-0.2, 0) is 12.0 Å². The molecule has 112 valence electrons. The van der Waals surface area contributed by atoms with Crippen molar-refractivity contribution < 1.29 is 14.2 Å². The molecule has 0 radical (unpaired) electrons. The summed E-state index contributed by atoms with van der Waals surface area (Å²) in [5.41, 5.74) is 0.290. The average molecular weight is 354 g/mol. The summed E-state index contributed by atoms with van der Waals surface area (Å²) in [6.07, 6.45) is 2.00. The molecule has 0 bridgehead atoms. The van der Waals surface area contributed by atoms with Crippen molar-refractivity contribution in [2.24, 2.45) is 0 Å². The van der Waals surface area contributed by atoms with Gasteiger partial charge in [-0.2, -0.15) is 0 Å². The SMILES string of the molecule is CCC(O)(Cc1ccc(OC)c(Br)c1)c1ccc(F)cn1. The Kier molecular flexibility index (Phi) is 4.96. The minimum atomic E-state index is -1.12. The van der Waals surface area contributed by atoms with E-state index < -0.39 is 11.4 Å². The van der Waals surface area contributed by atoms with E-state index in [0.717, 1.165) is 22.0 Å². The smallest absolute Gasteiger partial charge is 0.141 e. The number of rotatable bonds is 5. The lowest BCUT2D eigenvalue weighted by molar-refractivity contribution is 0.0282. The van der Waals surface area contributed by atoms with Gasteiger partial charge in [-0.25, -0.2) is 4.39 Å². The Morgan fingerprint density at radius 3 is 2.62 bits per heavy atom. The van der Waals surface area contributed by atoms with Gasteiger partial charge in [0.1, 0.15) is 17.2 Å². The van der Waals surface area contributed by atoms with Crippen LogP contribution in [0.1, 0.15) is 24.6 Å². The van der Waals surface area contributed by atoms with E-state index in [1.807, 2.05) is 25.1 Å². The summed E-state index contributed by atoms with van der Waals surface area (Å²) in [7, 11) is 1.60. The number of methoxy groups -OCH3 is 1. The summed E-state index contributed by atoms with van der Waals surface area (Å²) < 4.78 is 19.0. The van der Waals surface area contributed by atoms with Gasteiger partial charge in [-0.05, 0) is 52.2 Å². The Hall–Kier alpha value is -1.46. The minimum Gasteiger partial charge on any atom is -0.496 e. The first kappa shape index (κ1) is 15.9. The van der Waals surface area contributed by atoms with Gasteiger partial charge in [0.2, 0.25) is 0 Å². The number of ether oxygens (including phenoxy) is 1. The van der Waals surface area contributed by atoms with Crippen LogP contribution < -0.4 is 4.74 Å². The van der Waals surface area contributed by atoms with Crippen molar-refractivity contribution in [2.75, 3.05) is 7.11 Å². The number of aromatic nitrogens is 1. The zero-order chi connectivity index (χ0) is 15.5. The fraction of sp³-hybridized carbons (Fsp3) is 0.312. The van der Waals surface area contributed by atoms with Gasteiger partial charge in [-0.15, -0.1) is 0 Å². The van der Waals surface area contributed by atoms with Crippen LogP contribution in [0.25, 0.3) is 0 Å². The highest BCUT2D eigenvalue weighted by molar-refractivity contribution is 9.10. The number of benzene rings is 1. The van der Waals surface area contributed by atoms with Gasteiger partial charge in [0.15, 0.2) is 0 Å². The molecule has 0 aliphatic rings. The average Bonchev–Trinajstić information content (AvgIpc) is 2.48. The molecule has 0 fully saturated rings. The van der Waals surface area contributed by atoms with Gasteiger partial charge in [0.25, 0.3) is 0 Å². The van der Waals surface area contributed by atoms with Gasteiger partial charge in [0.05, 0.1) is 23.5 Å². The van der Waals surface area contributed by atoms with E-state index in [2.05, 4.69) is 20.9 Å². The third kappa shape index (κ3) is 3.60. The molecule has 5 heteroatoms. The second-order valence-corrected chi connectivity index (χ2v) is 5.75. The second-order valence-electron chi connectivity index (χ2n) is 4.89. The Balaban J connectivity index is 2.29. The molecular weight excluding hydrogens is 337 g/mol. The van der Waals surface area contributed by atoms with Crippen LogP contribution in [0.3, 0.4) is 0 Å². The molecule has 1 aromatic heterocycles. The highest BCUT2D eigenvalue weighted by Crippen LogP contribution is 2.31. The molecule has 21 heavy (non-hydrogen) atoms. The van der Waals surface area contributed by atoms with Crippen molar-refractivity contribution in [3.8, 4) is 5.75 Å². The van der Waals surface area contributed by atoms with E-state index >= 15 is 0 Å². The van der Waals surface area contributed by atoms with Crippen LogP contribution in [-0.4, -0.2) is 17.2 Å². The Morgan fingerprint density at radius 1 is 1.33 bits per heavy atom. The van der Waals surface area contributed by atoms with Crippen molar-refractivity contribution >= 4 is 15.9 Å². The Labute approximate surface area is 131 Å². The number of aliphatic hydroxyl groups is 1. The molecule has 0 spiro atoms. The van der Waals surface area contributed by atoms with Crippen LogP contribution in [0.15, 0.2) is 41.0 Å². The first-order chi connectivity index (χ1) is 9.98. The summed E-state index contributed by atoms with van der Waals surface area (Å²) in [4.78, 5) is 4.01. The monoisotopic (exact) mass is 353 g/mol.